The van der Waals surface area contributed by atoms with Gasteiger partial charge >= 0.3 is 0 Å². The Kier molecular flexibility index (Phi) is 8.88. The molecule has 1 saturated carbocycles. The Labute approximate surface area is 157 Å². The predicted octanol–water partition coefficient (Wildman–Crippen LogP) is 2.71. The van der Waals surface area contributed by atoms with Crippen LogP contribution in [-0.2, 0) is 19.0 Å². The number of nitrogens with zero attached hydrogens (tertiary/aromatic N) is 1. The summed E-state index contributed by atoms with van der Waals surface area (Å²) in [5, 5.41) is 8.73. The molecule has 0 spiro atoms. The van der Waals surface area contributed by atoms with E-state index in [1.807, 2.05) is 18.0 Å². The molecule has 2 rings (SSSR count). The number of hydrogen-bond acceptors (Lipinski definition) is 5. The van der Waals surface area contributed by atoms with Crippen molar-refractivity contribution in [3.05, 3.63) is 11.8 Å². The van der Waals surface area contributed by atoms with Crippen molar-refractivity contribution >= 4 is 5.91 Å². The molecule has 2 aliphatic rings. The zero-order valence-corrected chi connectivity index (χ0v) is 16.5. The first-order valence-electron chi connectivity index (χ1n) is 9.98. The van der Waals surface area contributed by atoms with Gasteiger partial charge in [-0.15, -0.1) is 0 Å². The summed E-state index contributed by atoms with van der Waals surface area (Å²) in [5.74, 6) is 1.06. The molecule has 1 fully saturated rings. The minimum absolute atomic E-state index is 0.00421. The third-order valence-corrected chi connectivity index (χ3v) is 5.37. The standard InChI is InChI=1S/C20H35NO5/c1-15(2)16-13-18(20(23)21(3)17-7-5-4-6-8-17)26-19(14-16)25-12-11-24-10-9-22/h13,15-17,19,22H,4-12,14H2,1-3H3/t16-,19+/m1/s1. The quantitative estimate of drug-likeness (QED) is 0.633. The highest BCUT2D eigenvalue weighted by Gasteiger charge is 2.32. The van der Waals surface area contributed by atoms with Crippen molar-refractivity contribution in [2.45, 2.75) is 64.7 Å². The van der Waals surface area contributed by atoms with E-state index in [0.29, 0.717) is 37.5 Å². The van der Waals surface area contributed by atoms with Crippen LogP contribution >= 0.6 is 0 Å². The van der Waals surface area contributed by atoms with Gasteiger partial charge in [-0.2, -0.15) is 0 Å². The highest BCUT2D eigenvalue weighted by molar-refractivity contribution is 5.91. The van der Waals surface area contributed by atoms with Crippen molar-refractivity contribution in [3.8, 4) is 0 Å². The molecular weight excluding hydrogens is 334 g/mol. The molecule has 6 heteroatoms. The molecule has 0 bridgehead atoms. The first-order chi connectivity index (χ1) is 12.5. The number of allylic oxidation sites excluding steroid dienone is 1. The van der Waals surface area contributed by atoms with Crippen molar-refractivity contribution in [2.75, 3.05) is 33.5 Å². The molecule has 0 aromatic rings. The molecule has 1 amide bonds. The van der Waals surface area contributed by atoms with Gasteiger partial charge in [-0.3, -0.25) is 4.79 Å². The van der Waals surface area contributed by atoms with Crippen LogP contribution in [-0.4, -0.2) is 61.7 Å². The van der Waals surface area contributed by atoms with Crippen LogP contribution in [0.15, 0.2) is 11.8 Å². The van der Waals surface area contributed by atoms with Gasteiger partial charge in [-0.1, -0.05) is 33.1 Å². The highest BCUT2D eigenvalue weighted by atomic mass is 16.7. The molecule has 150 valence electrons. The normalized spacial score (nSPS) is 24.3. The maximum absolute atomic E-state index is 13.0. The van der Waals surface area contributed by atoms with Gasteiger partial charge in [0.05, 0.1) is 26.4 Å². The molecular formula is C20H35NO5. The van der Waals surface area contributed by atoms with Crippen LogP contribution in [0.5, 0.6) is 0 Å². The van der Waals surface area contributed by atoms with E-state index in [2.05, 4.69) is 13.8 Å². The molecule has 0 saturated heterocycles. The van der Waals surface area contributed by atoms with E-state index >= 15 is 0 Å². The lowest BCUT2D eigenvalue weighted by Crippen LogP contribution is -2.41. The Bertz CT molecular complexity index is 459. The van der Waals surface area contributed by atoms with Crippen molar-refractivity contribution in [2.24, 2.45) is 11.8 Å². The average molecular weight is 370 g/mol. The van der Waals surface area contributed by atoms with Gasteiger partial charge < -0.3 is 24.2 Å². The monoisotopic (exact) mass is 369 g/mol. The molecule has 1 heterocycles. The number of aliphatic hydroxyl groups is 1. The fraction of sp³-hybridized carbons (Fsp3) is 0.850. The van der Waals surface area contributed by atoms with Crippen LogP contribution in [0.3, 0.4) is 0 Å². The minimum atomic E-state index is -0.427. The number of hydrogen-bond donors (Lipinski definition) is 1. The summed E-state index contributed by atoms with van der Waals surface area (Å²) in [6.45, 7) is 5.41. The second kappa shape index (κ2) is 10.9. The molecule has 0 aromatic carbocycles. The summed E-state index contributed by atoms with van der Waals surface area (Å²) in [7, 11) is 1.89. The van der Waals surface area contributed by atoms with E-state index in [9.17, 15) is 4.79 Å². The zero-order valence-electron chi connectivity index (χ0n) is 16.5. The first kappa shape index (κ1) is 21.2. The van der Waals surface area contributed by atoms with Crippen molar-refractivity contribution in [3.63, 3.8) is 0 Å². The molecule has 2 atom stereocenters. The van der Waals surface area contributed by atoms with Crippen LogP contribution in [0.2, 0.25) is 0 Å². The molecule has 26 heavy (non-hydrogen) atoms. The second-order valence-electron chi connectivity index (χ2n) is 7.64. The van der Waals surface area contributed by atoms with E-state index in [-0.39, 0.29) is 18.4 Å². The topological polar surface area (TPSA) is 68.2 Å². The van der Waals surface area contributed by atoms with Gasteiger partial charge in [0.25, 0.3) is 5.91 Å². The fourth-order valence-electron chi connectivity index (χ4n) is 3.62. The zero-order chi connectivity index (χ0) is 18.9. The van der Waals surface area contributed by atoms with Crippen LogP contribution in [0.25, 0.3) is 0 Å². The summed E-state index contributed by atoms with van der Waals surface area (Å²) >= 11 is 0. The molecule has 0 radical (unpaired) electrons. The first-order valence-corrected chi connectivity index (χ1v) is 9.98. The maximum atomic E-state index is 13.0. The van der Waals surface area contributed by atoms with Crippen LogP contribution < -0.4 is 0 Å². The lowest BCUT2D eigenvalue weighted by atomic mass is 9.89. The predicted molar refractivity (Wildman–Crippen MR) is 99.4 cm³/mol. The fourth-order valence-corrected chi connectivity index (χ4v) is 3.62. The summed E-state index contributed by atoms with van der Waals surface area (Å²) in [5.41, 5.74) is 0. The molecule has 1 aliphatic carbocycles. The van der Waals surface area contributed by atoms with Gasteiger partial charge in [-0.05, 0) is 30.8 Å². The average Bonchev–Trinajstić information content (AvgIpc) is 2.67. The number of aliphatic hydroxyl groups excluding tert-OH is 1. The number of ether oxygens (including phenoxy) is 3. The van der Waals surface area contributed by atoms with E-state index in [0.717, 1.165) is 19.3 Å². The Morgan fingerprint density at radius 1 is 1.27 bits per heavy atom. The van der Waals surface area contributed by atoms with E-state index < -0.39 is 6.29 Å². The number of likely N-dealkylation sites (N-methyl/N-ethyl adjacent to an activating group) is 1. The lowest BCUT2D eigenvalue weighted by molar-refractivity contribution is -0.161. The SMILES string of the molecule is CC(C)[C@@H]1C=C(C(=O)N(C)C2CCCCC2)O[C@H](OCCOCCO)C1. The number of carbonyl (C=O) groups excluding carboxylic acids is 1. The Balaban J connectivity index is 1.94. The van der Waals surface area contributed by atoms with Crippen molar-refractivity contribution < 1.29 is 24.1 Å². The van der Waals surface area contributed by atoms with E-state index in [4.69, 9.17) is 19.3 Å². The number of carbonyl (C=O) groups is 1. The van der Waals surface area contributed by atoms with Gasteiger partial charge in [0.2, 0.25) is 6.29 Å². The van der Waals surface area contributed by atoms with Gasteiger partial charge in [0.15, 0.2) is 5.76 Å². The number of rotatable bonds is 9. The second-order valence-corrected chi connectivity index (χ2v) is 7.64. The third kappa shape index (κ3) is 6.25. The van der Waals surface area contributed by atoms with Crippen molar-refractivity contribution in [1.82, 2.24) is 4.90 Å². The number of amides is 1. The van der Waals surface area contributed by atoms with Crippen LogP contribution in [0.1, 0.15) is 52.4 Å². The molecule has 6 nitrogen and oxygen atoms in total. The lowest BCUT2D eigenvalue weighted by Gasteiger charge is -2.35. The Hall–Kier alpha value is -1.11. The highest BCUT2D eigenvalue weighted by Crippen LogP contribution is 2.30. The van der Waals surface area contributed by atoms with E-state index in [1.54, 1.807) is 0 Å². The maximum Gasteiger partial charge on any atom is 0.288 e. The van der Waals surface area contributed by atoms with E-state index in [1.165, 1.54) is 19.3 Å². The van der Waals surface area contributed by atoms with Crippen molar-refractivity contribution in [1.29, 1.82) is 0 Å². The summed E-state index contributed by atoms with van der Waals surface area (Å²) in [4.78, 5) is 14.8. The van der Waals surface area contributed by atoms with Crippen LogP contribution in [0, 0.1) is 11.8 Å². The van der Waals surface area contributed by atoms with Crippen LogP contribution in [0.4, 0.5) is 0 Å². The summed E-state index contributed by atoms with van der Waals surface area (Å²) in [6.07, 6.45) is 8.09. The smallest absolute Gasteiger partial charge is 0.288 e. The minimum Gasteiger partial charge on any atom is -0.459 e. The molecule has 1 N–H and O–H groups in total. The van der Waals surface area contributed by atoms with Gasteiger partial charge in [0, 0.05) is 19.5 Å². The van der Waals surface area contributed by atoms with Gasteiger partial charge in [0.1, 0.15) is 0 Å². The third-order valence-electron chi connectivity index (χ3n) is 5.37. The molecule has 1 aliphatic heterocycles. The van der Waals surface area contributed by atoms with Gasteiger partial charge in [-0.25, -0.2) is 0 Å². The molecule has 0 aromatic heterocycles. The Morgan fingerprint density at radius 3 is 2.65 bits per heavy atom. The molecule has 0 unspecified atom stereocenters. The largest absolute Gasteiger partial charge is 0.459 e. The Morgan fingerprint density at radius 2 is 2.00 bits per heavy atom. The summed E-state index contributed by atoms with van der Waals surface area (Å²) in [6, 6.07) is 0.312. The summed E-state index contributed by atoms with van der Waals surface area (Å²) < 4.78 is 16.9.